The van der Waals surface area contributed by atoms with Gasteiger partial charge in [-0.2, -0.15) is 0 Å². The monoisotopic (exact) mass is 228 g/mol. The van der Waals surface area contributed by atoms with E-state index in [0.717, 1.165) is 17.2 Å². The molecule has 88 valence electrons. The van der Waals surface area contributed by atoms with Crippen molar-refractivity contribution in [2.24, 2.45) is 0 Å². The molecule has 0 atom stereocenters. The van der Waals surface area contributed by atoms with Crippen LogP contribution in [0.1, 0.15) is 30.6 Å². The van der Waals surface area contributed by atoms with E-state index in [4.69, 9.17) is 4.74 Å². The number of ketones is 1. The Morgan fingerprint density at radius 1 is 1.18 bits per heavy atom. The zero-order valence-electron chi connectivity index (χ0n) is 10.2. The zero-order chi connectivity index (χ0) is 12.3. The number of rotatable bonds is 4. The molecule has 0 bridgehead atoms. The highest BCUT2D eigenvalue weighted by Crippen LogP contribution is 2.28. The first-order valence-corrected chi connectivity index (χ1v) is 5.89. The van der Waals surface area contributed by atoms with Crippen LogP contribution in [-0.4, -0.2) is 12.4 Å². The standard InChI is InChI=1S/C15H16O2/c1-3-10-17-14-9-8-12-6-4-5-7-13(12)15(14)11(2)16/h4-9H,3,10H2,1-2H3. The van der Waals surface area contributed by atoms with Crippen LogP contribution in [0.2, 0.25) is 0 Å². The van der Waals surface area contributed by atoms with Crippen LogP contribution < -0.4 is 4.74 Å². The molecule has 2 aromatic rings. The molecule has 0 aromatic heterocycles. The Hall–Kier alpha value is -1.83. The third-order valence-corrected chi connectivity index (χ3v) is 2.70. The normalized spacial score (nSPS) is 10.5. The van der Waals surface area contributed by atoms with Crippen LogP contribution >= 0.6 is 0 Å². The maximum atomic E-state index is 11.8. The summed E-state index contributed by atoms with van der Waals surface area (Å²) in [5, 5.41) is 2.04. The molecular formula is C15H16O2. The van der Waals surface area contributed by atoms with E-state index in [1.807, 2.05) is 36.4 Å². The van der Waals surface area contributed by atoms with E-state index in [9.17, 15) is 4.79 Å². The molecule has 0 saturated carbocycles. The summed E-state index contributed by atoms with van der Waals surface area (Å²) >= 11 is 0. The van der Waals surface area contributed by atoms with Gasteiger partial charge in [0.2, 0.25) is 0 Å². The van der Waals surface area contributed by atoms with Crippen LogP contribution in [0, 0.1) is 0 Å². The van der Waals surface area contributed by atoms with Gasteiger partial charge in [-0.05, 0) is 30.2 Å². The second-order valence-corrected chi connectivity index (χ2v) is 4.06. The first-order valence-electron chi connectivity index (χ1n) is 5.89. The second kappa shape index (κ2) is 5.00. The lowest BCUT2D eigenvalue weighted by Crippen LogP contribution is -2.02. The molecule has 0 unspecified atom stereocenters. The maximum Gasteiger partial charge on any atom is 0.164 e. The smallest absolute Gasteiger partial charge is 0.164 e. The van der Waals surface area contributed by atoms with Crippen molar-refractivity contribution in [3.8, 4) is 5.75 Å². The summed E-state index contributed by atoms with van der Waals surface area (Å²) in [6.07, 6.45) is 0.935. The fourth-order valence-electron chi connectivity index (χ4n) is 1.95. The molecule has 2 heteroatoms. The predicted molar refractivity (Wildman–Crippen MR) is 69.7 cm³/mol. The highest BCUT2D eigenvalue weighted by atomic mass is 16.5. The first-order chi connectivity index (χ1) is 8.24. The summed E-state index contributed by atoms with van der Waals surface area (Å²) in [6.45, 7) is 4.27. The fourth-order valence-corrected chi connectivity index (χ4v) is 1.95. The van der Waals surface area contributed by atoms with Gasteiger partial charge in [0.25, 0.3) is 0 Å². The molecule has 0 heterocycles. The lowest BCUT2D eigenvalue weighted by Gasteiger charge is -2.11. The van der Waals surface area contributed by atoms with Gasteiger partial charge in [0.1, 0.15) is 5.75 Å². The van der Waals surface area contributed by atoms with Crippen molar-refractivity contribution in [2.45, 2.75) is 20.3 Å². The van der Waals surface area contributed by atoms with Crippen LogP contribution in [0.3, 0.4) is 0 Å². The van der Waals surface area contributed by atoms with E-state index < -0.39 is 0 Å². The average molecular weight is 228 g/mol. The molecule has 0 fully saturated rings. The molecule has 0 aliphatic rings. The molecule has 17 heavy (non-hydrogen) atoms. The highest BCUT2D eigenvalue weighted by molar-refractivity contribution is 6.09. The predicted octanol–water partition coefficient (Wildman–Crippen LogP) is 3.83. The Kier molecular flexibility index (Phi) is 3.43. The van der Waals surface area contributed by atoms with Gasteiger partial charge in [0, 0.05) is 0 Å². The molecule has 0 aliphatic heterocycles. The van der Waals surface area contributed by atoms with Crippen molar-refractivity contribution in [2.75, 3.05) is 6.61 Å². The number of ether oxygens (including phenoxy) is 1. The fraction of sp³-hybridized carbons (Fsp3) is 0.267. The van der Waals surface area contributed by atoms with Gasteiger partial charge in [-0.25, -0.2) is 0 Å². The number of hydrogen-bond acceptors (Lipinski definition) is 2. The zero-order valence-corrected chi connectivity index (χ0v) is 10.2. The summed E-state index contributed by atoms with van der Waals surface area (Å²) in [4.78, 5) is 11.8. The van der Waals surface area contributed by atoms with Gasteiger partial charge < -0.3 is 4.74 Å². The highest BCUT2D eigenvalue weighted by Gasteiger charge is 2.12. The van der Waals surface area contributed by atoms with Gasteiger partial charge in [0.15, 0.2) is 5.78 Å². The van der Waals surface area contributed by atoms with Crippen LogP contribution in [0.15, 0.2) is 36.4 Å². The van der Waals surface area contributed by atoms with Crippen molar-refractivity contribution in [3.63, 3.8) is 0 Å². The number of hydrogen-bond donors (Lipinski definition) is 0. The summed E-state index contributed by atoms with van der Waals surface area (Å²) in [5.41, 5.74) is 0.691. The maximum absolute atomic E-state index is 11.8. The molecule has 0 spiro atoms. The Bertz CT molecular complexity index is 544. The third kappa shape index (κ3) is 2.31. The van der Waals surface area contributed by atoms with E-state index in [-0.39, 0.29) is 5.78 Å². The number of carbonyl (C=O) groups is 1. The Morgan fingerprint density at radius 3 is 2.65 bits per heavy atom. The minimum Gasteiger partial charge on any atom is -0.493 e. The largest absolute Gasteiger partial charge is 0.493 e. The van der Waals surface area contributed by atoms with E-state index in [1.54, 1.807) is 6.92 Å². The first kappa shape index (κ1) is 11.6. The van der Waals surface area contributed by atoms with E-state index in [1.165, 1.54) is 0 Å². The summed E-state index contributed by atoms with van der Waals surface area (Å²) in [6, 6.07) is 11.8. The molecule has 0 radical (unpaired) electrons. The van der Waals surface area contributed by atoms with Gasteiger partial charge in [0.05, 0.1) is 12.2 Å². The van der Waals surface area contributed by atoms with Gasteiger partial charge in [-0.1, -0.05) is 37.3 Å². The lowest BCUT2D eigenvalue weighted by atomic mass is 10.0. The minimum absolute atomic E-state index is 0.0490. The summed E-state index contributed by atoms with van der Waals surface area (Å²) in [7, 11) is 0. The second-order valence-electron chi connectivity index (χ2n) is 4.06. The Balaban J connectivity index is 2.60. The van der Waals surface area contributed by atoms with Crippen LogP contribution in [-0.2, 0) is 0 Å². The number of benzene rings is 2. The Morgan fingerprint density at radius 2 is 1.94 bits per heavy atom. The molecule has 2 rings (SSSR count). The third-order valence-electron chi connectivity index (χ3n) is 2.70. The molecule has 2 nitrogen and oxygen atoms in total. The minimum atomic E-state index is 0.0490. The van der Waals surface area contributed by atoms with Crippen LogP contribution in [0.4, 0.5) is 0 Å². The van der Waals surface area contributed by atoms with E-state index in [2.05, 4.69) is 6.92 Å². The lowest BCUT2D eigenvalue weighted by molar-refractivity contribution is 0.101. The molecule has 0 saturated heterocycles. The van der Waals surface area contributed by atoms with Crippen molar-refractivity contribution in [1.29, 1.82) is 0 Å². The van der Waals surface area contributed by atoms with Gasteiger partial charge in [-0.15, -0.1) is 0 Å². The van der Waals surface area contributed by atoms with Crippen molar-refractivity contribution in [1.82, 2.24) is 0 Å². The van der Waals surface area contributed by atoms with Crippen LogP contribution in [0.25, 0.3) is 10.8 Å². The van der Waals surface area contributed by atoms with Crippen molar-refractivity contribution >= 4 is 16.6 Å². The number of fused-ring (bicyclic) bond motifs is 1. The van der Waals surface area contributed by atoms with Gasteiger partial charge in [-0.3, -0.25) is 4.79 Å². The summed E-state index contributed by atoms with van der Waals surface area (Å²) in [5.74, 6) is 0.742. The topological polar surface area (TPSA) is 26.3 Å². The SMILES string of the molecule is CCCOc1ccc2ccccc2c1C(C)=O. The Labute approximate surface area is 101 Å². The van der Waals surface area contributed by atoms with E-state index in [0.29, 0.717) is 17.9 Å². The van der Waals surface area contributed by atoms with Crippen molar-refractivity contribution < 1.29 is 9.53 Å². The van der Waals surface area contributed by atoms with Crippen molar-refractivity contribution in [3.05, 3.63) is 42.0 Å². The molecule has 0 N–H and O–H groups in total. The molecule has 2 aromatic carbocycles. The number of Topliss-reactive ketones (excluding diaryl/α,β-unsaturated/α-hetero) is 1. The summed E-state index contributed by atoms with van der Waals surface area (Å²) < 4.78 is 5.63. The average Bonchev–Trinajstić information content (AvgIpc) is 2.35. The number of carbonyl (C=O) groups excluding carboxylic acids is 1. The molecule has 0 amide bonds. The van der Waals surface area contributed by atoms with E-state index >= 15 is 0 Å². The van der Waals surface area contributed by atoms with Gasteiger partial charge >= 0.3 is 0 Å². The molecular weight excluding hydrogens is 212 g/mol. The quantitative estimate of drug-likeness (QED) is 0.743. The van der Waals surface area contributed by atoms with Crippen LogP contribution in [0.5, 0.6) is 5.75 Å². The molecule has 0 aliphatic carbocycles.